The number of nitrogens with one attached hydrogen (secondary N) is 2. The van der Waals surface area contributed by atoms with E-state index in [1.54, 1.807) is 5.06 Å². The number of para-hydroxylation sites is 1. The Balaban J connectivity index is 0.952. The molecule has 1 atom stereocenters. The van der Waals surface area contributed by atoms with Gasteiger partial charge >= 0.3 is 12.1 Å². The van der Waals surface area contributed by atoms with E-state index in [1.165, 1.54) is 36.8 Å². The maximum Gasteiger partial charge on any atom is 0.426 e. The molecule has 11 heteroatoms. The predicted octanol–water partition coefficient (Wildman–Crippen LogP) is 3.91. The molecule has 4 amide bonds. The number of urea groups is 1. The number of hydrogen-bond acceptors (Lipinski definition) is 7. The highest BCUT2D eigenvalue weighted by Gasteiger charge is 2.34. The fourth-order valence-corrected chi connectivity index (χ4v) is 8.51. The van der Waals surface area contributed by atoms with Gasteiger partial charge in [-0.3, -0.25) is 9.69 Å². The second kappa shape index (κ2) is 15.5. The Morgan fingerprint density at radius 1 is 0.816 bits per heavy atom. The lowest BCUT2D eigenvalue weighted by Crippen LogP contribution is -2.58. The largest absolute Gasteiger partial charge is 0.426 e. The number of rotatable bonds is 7. The van der Waals surface area contributed by atoms with Crippen LogP contribution in [0.3, 0.4) is 0 Å². The number of amides is 4. The number of hydroxylamine groups is 2. The van der Waals surface area contributed by atoms with Gasteiger partial charge in [0.15, 0.2) is 0 Å². The zero-order chi connectivity index (χ0) is 33.7. The van der Waals surface area contributed by atoms with Crippen molar-refractivity contribution in [3.05, 3.63) is 64.7 Å². The number of hydrogen-bond donors (Lipinski definition) is 2. The van der Waals surface area contributed by atoms with Gasteiger partial charge in [0.2, 0.25) is 5.91 Å². The minimum atomic E-state index is -0.705. The minimum Gasteiger partial charge on any atom is -0.351 e. The first-order chi connectivity index (χ1) is 23.9. The highest BCUT2D eigenvalue weighted by molar-refractivity contribution is 5.91. The summed E-state index contributed by atoms with van der Waals surface area (Å²) in [5.74, 6) is -0.0374. The maximum absolute atomic E-state index is 14.1. The Bertz CT molecular complexity index is 1480. The summed E-state index contributed by atoms with van der Waals surface area (Å²) in [7, 11) is 2.19. The molecule has 2 aromatic rings. The number of likely N-dealkylation sites (tertiary alicyclic amines) is 1. The van der Waals surface area contributed by atoms with Crippen molar-refractivity contribution in [2.24, 2.45) is 0 Å². The van der Waals surface area contributed by atoms with Crippen LogP contribution in [0.5, 0.6) is 0 Å². The standard InChI is InChI=1S/C38H53N7O4/c1-41-17-13-32(14-18-41)42-22-24-43(25-23-42)36(46)35(27-28-10-11-29-6-2-3-8-31(29)26-28)40-38(48)49-44-19-15-33(16-20-44)45-21-12-30-7-4-5-9-34(30)39-37(45)47/h4-5,7,9-11,26,32-33,35H,2-3,6,8,12-25,27H2,1H3,(H,39,47)(H,40,48)/t35-/m1/s1. The SMILES string of the molecule is CN1CCC(N2CCN(C(=O)[C@@H](Cc3ccc4c(c3)CCCC4)NC(=O)ON3CCC(N4CCc5ccccc5NC4=O)CC3)CC2)CC1. The van der Waals surface area contributed by atoms with Crippen molar-refractivity contribution in [1.29, 1.82) is 0 Å². The van der Waals surface area contributed by atoms with Crippen molar-refractivity contribution in [2.45, 2.75) is 82.3 Å². The van der Waals surface area contributed by atoms with Crippen LogP contribution in [0.25, 0.3) is 0 Å². The predicted molar refractivity (Wildman–Crippen MR) is 189 cm³/mol. The second-order valence-corrected chi connectivity index (χ2v) is 14.7. The van der Waals surface area contributed by atoms with E-state index >= 15 is 0 Å². The summed E-state index contributed by atoms with van der Waals surface area (Å²) >= 11 is 0. The minimum absolute atomic E-state index is 0.0374. The molecule has 1 aliphatic carbocycles. The third-order valence-corrected chi connectivity index (χ3v) is 11.5. The summed E-state index contributed by atoms with van der Waals surface area (Å²) < 4.78 is 0. The molecule has 4 heterocycles. The van der Waals surface area contributed by atoms with Crippen molar-refractivity contribution in [3.8, 4) is 0 Å². The van der Waals surface area contributed by atoms with Crippen LogP contribution in [0.1, 0.15) is 60.8 Å². The number of nitrogens with zero attached hydrogens (tertiary/aromatic N) is 5. The molecule has 5 aliphatic rings. The molecule has 0 spiro atoms. The van der Waals surface area contributed by atoms with Crippen LogP contribution < -0.4 is 10.6 Å². The van der Waals surface area contributed by atoms with Gasteiger partial charge in [0, 0.05) is 70.0 Å². The number of aryl methyl sites for hydroxylation is 2. The van der Waals surface area contributed by atoms with Crippen LogP contribution in [-0.4, -0.2) is 127 Å². The summed E-state index contributed by atoms with van der Waals surface area (Å²) in [6.07, 6.45) is 9.00. The summed E-state index contributed by atoms with van der Waals surface area (Å²) in [4.78, 5) is 55.1. The Labute approximate surface area is 290 Å². The second-order valence-electron chi connectivity index (χ2n) is 14.7. The van der Waals surface area contributed by atoms with Gasteiger partial charge in [-0.1, -0.05) is 36.4 Å². The summed E-state index contributed by atoms with van der Waals surface area (Å²) in [5.41, 5.74) is 5.87. The number of benzene rings is 2. The Kier molecular flexibility index (Phi) is 10.7. The smallest absolute Gasteiger partial charge is 0.351 e. The fraction of sp³-hybridized carbons (Fsp3) is 0.605. The lowest BCUT2D eigenvalue weighted by Gasteiger charge is -2.42. The molecule has 264 valence electrons. The molecule has 0 radical (unpaired) electrons. The number of carbonyl (C=O) groups excluding carboxylic acids is 3. The van der Waals surface area contributed by atoms with E-state index in [0.29, 0.717) is 58.0 Å². The Morgan fingerprint density at radius 3 is 2.31 bits per heavy atom. The van der Waals surface area contributed by atoms with Gasteiger partial charge in [-0.2, -0.15) is 0 Å². The third-order valence-electron chi connectivity index (χ3n) is 11.5. The first-order valence-electron chi connectivity index (χ1n) is 18.6. The van der Waals surface area contributed by atoms with E-state index in [1.807, 2.05) is 28.0 Å². The van der Waals surface area contributed by atoms with Crippen molar-refractivity contribution < 1.29 is 19.2 Å². The highest BCUT2D eigenvalue weighted by atomic mass is 16.7. The van der Waals surface area contributed by atoms with Crippen LogP contribution >= 0.6 is 0 Å². The van der Waals surface area contributed by atoms with Crippen molar-refractivity contribution in [1.82, 2.24) is 30.0 Å². The monoisotopic (exact) mass is 671 g/mol. The van der Waals surface area contributed by atoms with E-state index in [4.69, 9.17) is 4.84 Å². The third kappa shape index (κ3) is 8.22. The number of piperidine rings is 2. The molecular weight excluding hydrogens is 618 g/mol. The lowest BCUT2D eigenvalue weighted by atomic mass is 9.89. The Morgan fingerprint density at radius 2 is 1.53 bits per heavy atom. The van der Waals surface area contributed by atoms with E-state index < -0.39 is 12.1 Å². The van der Waals surface area contributed by atoms with Crippen molar-refractivity contribution in [3.63, 3.8) is 0 Å². The first kappa shape index (κ1) is 33.8. The van der Waals surface area contributed by atoms with Crippen LogP contribution in [-0.2, 0) is 35.3 Å². The molecule has 4 aliphatic heterocycles. The molecule has 49 heavy (non-hydrogen) atoms. The van der Waals surface area contributed by atoms with E-state index in [-0.39, 0.29) is 18.0 Å². The first-order valence-corrected chi connectivity index (χ1v) is 18.6. The van der Waals surface area contributed by atoms with Gasteiger partial charge < -0.3 is 30.2 Å². The van der Waals surface area contributed by atoms with Gasteiger partial charge in [0.05, 0.1) is 0 Å². The van der Waals surface area contributed by atoms with Crippen LogP contribution in [0.2, 0.25) is 0 Å². The summed E-state index contributed by atoms with van der Waals surface area (Å²) in [5, 5.41) is 7.73. The topological polar surface area (TPSA) is 101 Å². The van der Waals surface area contributed by atoms with Crippen molar-refractivity contribution in [2.75, 3.05) is 71.3 Å². The van der Waals surface area contributed by atoms with Crippen LogP contribution in [0.4, 0.5) is 15.3 Å². The Hall–Kier alpha value is -3.67. The lowest BCUT2D eigenvalue weighted by molar-refractivity contribution is -0.138. The molecule has 0 bridgehead atoms. The molecule has 0 saturated carbocycles. The zero-order valence-corrected chi connectivity index (χ0v) is 29.1. The molecule has 3 fully saturated rings. The van der Waals surface area contributed by atoms with Gasteiger partial charge in [-0.15, -0.1) is 5.06 Å². The number of piperazine rings is 1. The molecule has 0 aromatic heterocycles. The maximum atomic E-state index is 14.1. The normalized spacial score (nSPS) is 22.4. The van der Waals surface area contributed by atoms with Crippen LogP contribution in [0, 0.1) is 0 Å². The van der Waals surface area contributed by atoms with Crippen LogP contribution in [0.15, 0.2) is 42.5 Å². The summed E-state index contributed by atoms with van der Waals surface area (Å²) in [6, 6.07) is 14.4. The molecule has 3 saturated heterocycles. The zero-order valence-electron chi connectivity index (χ0n) is 29.1. The average molecular weight is 672 g/mol. The molecule has 0 unspecified atom stereocenters. The molecule has 7 rings (SSSR count). The molecule has 11 nitrogen and oxygen atoms in total. The van der Waals surface area contributed by atoms with E-state index in [0.717, 1.165) is 62.3 Å². The number of anilines is 1. The van der Waals surface area contributed by atoms with Crippen molar-refractivity contribution >= 4 is 23.7 Å². The van der Waals surface area contributed by atoms with Gasteiger partial charge in [0.25, 0.3) is 0 Å². The van der Waals surface area contributed by atoms with Gasteiger partial charge in [-0.25, -0.2) is 9.59 Å². The fourth-order valence-electron chi connectivity index (χ4n) is 8.51. The highest BCUT2D eigenvalue weighted by Crippen LogP contribution is 2.26. The van der Waals surface area contributed by atoms with Gasteiger partial charge in [0.1, 0.15) is 6.04 Å². The van der Waals surface area contributed by atoms with E-state index in [2.05, 4.69) is 51.7 Å². The van der Waals surface area contributed by atoms with Gasteiger partial charge in [-0.05, 0) is 106 Å². The quantitative estimate of drug-likeness (QED) is 0.461. The molecular formula is C38H53N7O4. The molecule has 2 aromatic carbocycles. The average Bonchev–Trinajstić information content (AvgIpc) is 3.30. The summed E-state index contributed by atoms with van der Waals surface area (Å²) in [6.45, 7) is 7.04. The molecule has 2 N–H and O–H groups in total. The number of fused-ring (bicyclic) bond motifs is 2. The number of carbonyl (C=O) groups is 3. The van der Waals surface area contributed by atoms with E-state index in [9.17, 15) is 14.4 Å².